The van der Waals surface area contributed by atoms with Crippen LogP contribution in [0.25, 0.3) is 0 Å². The summed E-state index contributed by atoms with van der Waals surface area (Å²) in [6.45, 7) is 4.25. The predicted octanol–water partition coefficient (Wildman–Crippen LogP) is 4.84. The number of anilines is 1. The molecule has 1 aromatic carbocycles. The first-order chi connectivity index (χ1) is 9.22. The molecule has 1 N–H and O–H groups in total. The summed E-state index contributed by atoms with van der Waals surface area (Å²) >= 11 is 0. The monoisotopic (exact) mass is 261 g/mol. The van der Waals surface area contributed by atoms with Crippen molar-refractivity contribution < 1.29 is 4.74 Å². The number of hydrogen-bond donors (Lipinski definition) is 1. The molecule has 2 heteroatoms. The van der Waals surface area contributed by atoms with Gasteiger partial charge in [0.15, 0.2) is 0 Å². The van der Waals surface area contributed by atoms with Gasteiger partial charge in [-0.15, -0.1) is 0 Å². The Morgan fingerprint density at radius 1 is 1.00 bits per heavy atom. The van der Waals surface area contributed by atoms with Gasteiger partial charge in [-0.05, 0) is 38.3 Å². The standard InChI is InChI=1S/C17H27NO/c1-13-11-12-16(14(2)17(13)19-3)18-15-9-7-5-4-6-8-10-15/h11-12,15,18H,4-10H2,1-3H3. The summed E-state index contributed by atoms with van der Waals surface area (Å²) < 4.78 is 5.51. The van der Waals surface area contributed by atoms with Crippen molar-refractivity contribution in [3.8, 4) is 5.75 Å². The van der Waals surface area contributed by atoms with Crippen LogP contribution < -0.4 is 10.1 Å². The van der Waals surface area contributed by atoms with Crippen molar-refractivity contribution in [2.24, 2.45) is 0 Å². The van der Waals surface area contributed by atoms with Crippen molar-refractivity contribution in [1.82, 2.24) is 0 Å². The van der Waals surface area contributed by atoms with E-state index >= 15 is 0 Å². The molecule has 2 rings (SSSR count). The van der Waals surface area contributed by atoms with E-state index in [0.29, 0.717) is 6.04 Å². The highest BCUT2D eigenvalue weighted by atomic mass is 16.5. The highest BCUT2D eigenvalue weighted by Gasteiger charge is 2.14. The zero-order valence-electron chi connectivity index (χ0n) is 12.6. The number of methoxy groups -OCH3 is 1. The van der Waals surface area contributed by atoms with Crippen LogP contribution >= 0.6 is 0 Å². The van der Waals surface area contributed by atoms with E-state index in [1.165, 1.54) is 61.8 Å². The Morgan fingerprint density at radius 2 is 1.63 bits per heavy atom. The molecular formula is C17H27NO. The van der Waals surface area contributed by atoms with Gasteiger partial charge < -0.3 is 10.1 Å². The van der Waals surface area contributed by atoms with Gasteiger partial charge in [-0.3, -0.25) is 0 Å². The molecule has 19 heavy (non-hydrogen) atoms. The molecule has 2 nitrogen and oxygen atoms in total. The molecule has 1 fully saturated rings. The lowest BCUT2D eigenvalue weighted by Gasteiger charge is -2.24. The maximum absolute atomic E-state index is 5.51. The second-order valence-electron chi connectivity index (χ2n) is 5.77. The van der Waals surface area contributed by atoms with E-state index in [9.17, 15) is 0 Å². The summed E-state index contributed by atoms with van der Waals surface area (Å²) in [6.07, 6.45) is 9.54. The summed E-state index contributed by atoms with van der Waals surface area (Å²) in [6, 6.07) is 4.98. The summed E-state index contributed by atoms with van der Waals surface area (Å²) in [5, 5.41) is 3.74. The van der Waals surface area contributed by atoms with Crippen LogP contribution in [-0.2, 0) is 0 Å². The third-order valence-corrected chi connectivity index (χ3v) is 4.27. The highest BCUT2D eigenvalue weighted by molar-refractivity contribution is 5.60. The van der Waals surface area contributed by atoms with Crippen LogP contribution in [0.15, 0.2) is 12.1 Å². The van der Waals surface area contributed by atoms with E-state index in [0.717, 1.165) is 5.75 Å². The summed E-state index contributed by atoms with van der Waals surface area (Å²) in [4.78, 5) is 0. The summed E-state index contributed by atoms with van der Waals surface area (Å²) in [5.41, 5.74) is 3.70. The molecule has 0 spiro atoms. The lowest BCUT2D eigenvalue weighted by Crippen LogP contribution is -2.21. The van der Waals surface area contributed by atoms with Crippen LogP contribution in [0.4, 0.5) is 5.69 Å². The normalized spacial score (nSPS) is 17.6. The number of hydrogen-bond acceptors (Lipinski definition) is 2. The second-order valence-corrected chi connectivity index (χ2v) is 5.77. The first-order valence-corrected chi connectivity index (χ1v) is 7.63. The molecule has 0 aromatic heterocycles. The minimum absolute atomic E-state index is 0.631. The topological polar surface area (TPSA) is 21.3 Å². The van der Waals surface area contributed by atoms with Crippen LogP contribution in [0, 0.1) is 13.8 Å². The van der Waals surface area contributed by atoms with Gasteiger partial charge in [0, 0.05) is 17.3 Å². The molecule has 0 heterocycles. The Morgan fingerprint density at radius 3 is 2.26 bits per heavy atom. The molecule has 1 aliphatic rings. The molecular weight excluding hydrogens is 234 g/mol. The first-order valence-electron chi connectivity index (χ1n) is 7.63. The van der Waals surface area contributed by atoms with Gasteiger partial charge in [0.1, 0.15) is 5.75 Å². The third-order valence-electron chi connectivity index (χ3n) is 4.27. The number of rotatable bonds is 3. The summed E-state index contributed by atoms with van der Waals surface area (Å²) in [7, 11) is 1.76. The maximum atomic E-state index is 5.51. The van der Waals surface area contributed by atoms with Gasteiger partial charge in [-0.1, -0.05) is 38.2 Å². The van der Waals surface area contributed by atoms with Crippen molar-refractivity contribution in [3.05, 3.63) is 23.3 Å². The Balaban J connectivity index is 2.09. The lowest BCUT2D eigenvalue weighted by atomic mass is 9.96. The summed E-state index contributed by atoms with van der Waals surface area (Å²) in [5.74, 6) is 1.02. The largest absolute Gasteiger partial charge is 0.496 e. The van der Waals surface area contributed by atoms with Gasteiger partial charge in [0.05, 0.1) is 7.11 Å². The third kappa shape index (κ3) is 3.65. The van der Waals surface area contributed by atoms with E-state index < -0.39 is 0 Å². The smallest absolute Gasteiger partial charge is 0.126 e. The minimum atomic E-state index is 0.631. The van der Waals surface area contributed by atoms with Crippen molar-refractivity contribution in [2.75, 3.05) is 12.4 Å². The van der Waals surface area contributed by atoms with Crippen LogP contribution in [0.3, 0.4) is 0 Å². The molecule has 0 amide bonds. The highest BCUT2D eigenvalue weighted by Crippen LogP contribution is 2.31. The zero-order chi connectivity index (χ0) is 13.7. The molecule has 106 valence electrons. The van der Waals surface area contributed by atoms with Gasteiger partial charge in [0.25, 0.3) is 0 Å². The number of benzene rings is 1. The van der Waals surface area contributed by atoms with E-state index in [-0.39, 0.29) is 0 Å². The molecule has 1 aromatic rings. The van der Waals surface area contributed by atoms with Gasteiger partial charge in [0.2, 0.25) is 0 Å². The van der Waals surface area contributed by atoms with Crippen LogP contribution in [-0.4, -0.2) is 13.2 Å². The molecule has 1 aliphatic carbocycles. The lowest BCUT2D eigenvalue weighted by molar-refractivity contribution is 0.408. The molecule has 0 saturated heterocycles. The minimum Gasteiger partial charge on any atom is -0.496 e. The molecule has 0 atom stereocenters. The fraction of sp³-hybridized carbons (Fsp3) is 0.647. The average Bonchev–Trinajstić information content (AvgIpc) is 2.36. The number of aryl methyl sites for hydroxylation is 1. The van der Waals surface area contributed by atoms with Crippen LogP contribution in [0.1, 0.15) is 56.1 Å². The van der Waals surface area contributed by atoms with E-state index in [4.69, 9.17) is 4.74 Å². The fourth-order valence-corrected chi connectivity index (χ4v) is 3.12. The predicted molar refractivity (Wildman–Crippen MR) is 82.2 cm³/mol. The van der Waals surface area contributed by atoms with Crippen molar-refractivity contribution in [2.45, 2.75) is 64.8 Å². The van der Waals surface area contributed by atoms with Gasteiger partial charge in [-0.2, -0.15) is 0 Å². The number of nitrogens with one attached hydrogen (secondary N) is 1. The molecule has 0 aliphatic heterocycles. The van der Waals surface area contributed by atoms with Crippen LogP contribution in [0.5, 0.6) is 5.75 Å². The Hall–Kier alpha value is -1.18. The van der Waals surface area contributed by atoms with E-state index in [1.807, 2.05) is 0 Å². The molecule has 0 unspecified atom stereocenters. The Labute approximate surface area is 117 Å². The maximum Gasteiger partial charge on any atom is 0.126 e. The molecule has 1 saturated carbocycles. The quantitative estimate of drug-likeness (QED) is 0.841. The SMILES string of the molecule is COc1c(C)ccc(NC2CCCCCCC2)c1C. The fourth-order valence-electron chi connectivity index (χ4n) is 3.12. The molecule has 0 bridgehead atoms. The van der Waals surface area contributed by atoms with E-state index in [2.05, 4.69) is 31.3 Å². The van der Waals surface area contributed by atoms with Gasteiger partial charge >= 0.3 is 0 Å². The van der Waals surface area contributed by atoms with Crippen molar-refractivity contribution in [1.29, 1.82) is 0 Å². The van der Waals surface area contributed by atoms with Crippen LogP contribution in [0.2, 0.25) is 0 Å². The number of ether oxygens (including phenoxy) is 1. The van der Waals surface area contributed by atoms with Crippen molar-refractivity contribution >= 4 is 5.69 Å². The van der Waals surface area contributed by atoms with E-state index in [1.54, 1.807) is 7.11 Å². The van der Waals surface area contributed by atoms with Gasteiger partial charge in [-0.25, -0.2) is 0 Å². The zero-order valence-corrected chi connectivity index (χ0v) is 12.6. The Kier molecular flexibility index (Phi) is 5.12. The average molecular weight is 261 g/mol. The molecule has 0 radical (unpaired) electrons. The second kappa shape index (κ2) is 6.83. The first kappa shape index (κ1) is 14.2. The van der Waals surface area contributed by atoms with Crippen molar-refractivity contribution in [3.63, 3.8) is 0 Å². The Bertz CT molecular complexity index is 406.